The van der Waals surface area contributed by atoms with Gasteiger partial charge in [-0.25, -0.2) is 4.98 Å². The second-order valence-electron chi connectivity index (χ2n) is 4.73. The molecule has 0 radical (unpaired) electrons. The molecule has 0 atom stereocenters. The number of hydrogen-bond acceptors (Lipinski definition) is 3. The first kappa shape index (κ1) is 10.3. The van der Waals surface area contributed by atoms with E-state index in [1.807, 2.05) is 12.1 Å². The highest BCUT2D eigenvalue weighted by atomic mass is 15.2. The van der Waals surface area contributed by atoms with Crippen LogP contribution in [-0.4, -0.2) is 17.6 Å². The summed E-state index contributed by atoms with van der Waals surface area (Å²) >= 11 is 0. The topological polar surface area (TPSA) is 42.1 Å². The van der Waals surface area contributed by atoms with Crippen molar-refractivity contribution in [3.05, 3.63) is 18.3 Å². The van der Waals surface area contributed by atoms with Crippen LogP contribution >= 0.6 is 0 Å². The smallest absolute Gasteiger partial charge is 0.128 e. The summed E-state index contributed by atoms with van der Waals surface area (Å²) in [6.07, 6.45) is 4.35. The van der Waals surface area contributed by atoms with E-state index >= 15 is 0 Å². The number of nitrogens with zero attached hydrogens (tertiary/aromatic N) is 2. The Morgan fingerprint density at radius 1 is 1.47 bits per heavy atom. The zero-order valence-corrected chi connectivity index (χ0v) is 9.48. The fraction of sp³-hybridized carbons (Fsp3) is 0.583. The van der Waals surface area contributed by atoms with Gasteiger partial charge in [0.05, 0.1) is 11.9 Å². The van der Waals surface area contributed by atoms with Crippen molar-refractivity contribution >= 4 is 11.5 Å². The first-order valence-electron chi connectivity index (χ1n) is 5.65. The molecule has 2 rings (SSSR count). The number of hydrogen-bond donors (Lipinski definition) is 1. The second kappa shape index (κ2) is 4.09. The highest BCUT2D eigenvalue weighted by molar-refractivity contribution is 5.47. The van der Waals surface area contributed by atoms with Crippen molar-refractivity contribution in [2.45, 2.75) is 32.7 Å². The van der Waals surface area contributed by atoms with Crippen molar-refractivity contribution in [1.29, 1.82) is 0 Å². The molecule has 1 aromatic heterocycles. The lowest BCUT2D eigenvalue weighted by atomic mass is 10.2. The molecule has 3 heteroatoms. The highest BCUT2D eigenvalue weighted by Crippen LogP contribution is 2.31. The van der Waals surface area contributed by atoms with E-state index in [9.17, 15) is 0 Å². The van der Waals surface area contributed by atoms with Gasteiger partial charge in [0.25, 0.3) is 0 Å². The molecular weight excluding hydrogens is 186 g/mol. The molecule has 1 aliphatic carbocycles. The van der Waals surface area contributed by atoms with Gasteiger partial charge >= 0.3 is 0 Å². The van der Waals surface area contributed by atoms with E-state index < -0.39 is 0 Å². The number of aromatic nitrogens is 1. The van der Waals surface area contributed by atoms with Crippen LogP contribution < -0.4 is 10.6 Å². The van der Waals surface area contributed by atoms with E-state index in [0.29, 0.717) is 12.0 Å². The molecule has 1 saturated carbocycles. The van der Waals surface area contributed by atoms with E-state index in [1.54, 1.807) is 6.20 Å². The molecular formula is C12H19N3. The Morgan fingerprint density at radius 2 is 2.20 bits per heavy atom. The van der Waals surface area contributed by atoms with Crippen LogP contribution in [0.3, 0.4) is 0 Å². The third-order valence-electron chi connectivity index (χ3n) is 2.61. The van der Waals surface area contributed by atoms with Gasteiger partial charge in [0.1, 0.15) is 5.82 Å². The van der Waals surface area contributed by atoms with E-state index in [1.165, 1.54) is 12.8 Å². The van der Waals surface area contributed by atoms with Crippen LogP contribution in [0.4, 0.5) is 11.5 Å². The van der Waals surface area contributed by atoms with E-state index in [-0.39, 0.29) is 0 Å². The first-order valence-corrected chi connectivity index (χ1v) is 5.65. The minimum absolute atomic E-state index is 0.671. The van der Waals surface area contributed by atoms with Crippen LogP contribution in [-0.2, 0) is 0 Å². The summed E-state index contributed by atoms with van der Waals surface area (Å²) in [5.41, 5.74) is 6.37. The number of nitrogen functional groups attached to an aromatic ring is 1. The fourth-order valence-electron chi connectivity index (χ4n) is 1.78. The Kier molecular flexibility index (Phi) is 2.80. The maximum Gasteiger partial charge on any atom is 0.128 e. The van der Waals surface area contributed by atoms with E-state index in [4.69, 9.17) is 5.73 Å². The number of pyridine rings is 1. The third-order valence-corrected chi connectivity index (χ3v) is 2.61. The Balaban J connectivity index is 2.13. The molecule has 0 unspecified atom stereocenters. The minimum Gasteiger partial charge on any atom is -0.397 e. The van der Waals surface area contributed by atoms with Crippen LogP contribution in [0.25, 0.3) is 0 Å². The lowest BCUT2D eigenvalue weighted by Crippen LogP contribution is -2.30. The fourth-order valence-corrected chi connectivity index (χ4v) is 1.78. The molecule has 1 aromatic rings. The summed E-state index contributed by atoms with van der Waals surface area (Å²) in [6.45, 7) is 5.57. The molecule has 0 aromatic carbocycles. The van der Waals surface area contributed by atoms with Crippen molar-refractivity contribution in [3.63, 3.8) is 0 Å². The molecule has 0 bridgehead atoms. The minimum atomic E-state index is 0.671. The summed E-state index contributed by atoms with van der Waals surface area (Å²) in [7, 11) is 0. The molecule has 1 heterocycles. The summed E-state index contributed by atoms with van der Waals surface area (Å²) < 4.78 is 0. The van der Waals surface area contributed by atoms with Gasteiger partial charge < -0.3 is 10.6 Å². The van der Waals surface area contributed by atoms with Crippen molar-refractivity contribution in [2.24, 2.45) is 5.92 Å². The van der Waals surface area contributed by atoms with Gasteiger partial charge in [-0.1, -0.05) is 13.8 Å². The first-order chi connectivity index (χ1) is 7.16. The van der Waals surface area contributed by atoms with E-state index in [0.717, 1.165) is 18.1 Å². The molecule has 1 fully saturated rings. The quantitative estimate of drug-likeness (QED) is 0.820. The number of nitrogens with two attached hydrogens (primary N) is 1. The average Bonchev–Trinajstić information content (AvgIpc) is 2.99. The third kappa shape index (κ3) is 2.61. The van der Waals surface area contributed by atoms with Crippen LogP contribution in [0.15, 0.2) is 18.3 Å². The molecule has 0 spiro atoms. The standard InChI is InChI=1S/C12H19N3/c1-9(2)8-15(11-4-5-11)12-6-3-10(13)7-14-12/h3,6-7,9,11H,4-5,8,13H2,1-2H3. The molecule has 3 nitrogen and oxygen atoms in total. The highest BCUT2D eigenvalue weighted by Gasteiger charge is 2.30. The predicted octanol–water partition coefficient (Wildman–Crippen LogP) is 2.29. The van der Waals surface area contributed by atoms with Crippen LogP contribution in [0.1, 0.15) is 26.7 Å². The normalized spacial score (nSPS) is 15.7. The SMILES string of the molecule is CC(C)CN(c1ccc(N)cn1)C1CC1. The average molecular weight is 205 g/mol. The lowest BCUT2D eigenvalue weighted by molar-refractivity contribution is 0.603. The Labute approximate surface area is 91.3 Å². The van der Waals surface area contributed by atoms with E-state index in [2.05, 4.69) is 23.7 Å². The van der Waals surface area contributed by atoms with Crippen LogP contribution in [0.5, 0.6) is 0 Å². The molecule has 82 valence electrons. The van der Waals surface area contributed by atoms with Crippen molar-refractivity contribution < 1.29 is 0 Å². The lowest BCUT2D eigenvalue weighted by Gasteiger charge is -2.25. The summed E-state index contributed by atoms with van der Waals surface area (Å²) in [5, 5.41) is 0. The van der Waals surface area contributed by atoms with Gasteiger partial charge in [-0.2, -0.15) is 0 Å². The largest absolute Gasteiger partial charge is 0.397 e. The molecule has 2 N–H and O–H groups in total. The number of rotatable bonds is 4. The molecule has 0 saturated heterocycles. The van der Waals surface area contributed by atoms with Crippen LogP contribution in [0, 0.1) is 5.92 Å². The second-order valence-corrected chi connectivity index (χ2v) is 4.73. The van der Waals surface area contributed by atoms with Gasteiger partial charge in [-0.15, -0.1) is 0 Å². The van der Waals surface area contributed by atoms with Crippen LogP contribution in [0.2, 0.25) is 0 Å². The summed E-state index contributed by atoms with van der Waals surface area (Å²) in [6, 6.07) is 4.66. The maximum absolute atomic E-state index is 5.64. The Hall–Kier alpha value is -1.25. The van der Waals surface area contributed by atoms with Gasteiger partial charge in [0, 0.05) is 12.6 Å². The van der Waals surface area contributed by atoms with Gasteiger partial charge in [-0.05, 0) is 30.9 Å². The predicted molar refractivity (Wildman–Crippen MR) is 63.9 cm³/mol. The maximum atomic E-state index is 5.64. The van der Waals surface area contributed by atoms with Gasteiger partial charge in [0.15, 0.2) is 0 Å². The van der Waals surface area contributed by atoms with Crippen molar-refractivity contribution in [1.82, 2.24) is 4.98 Å². The zero-order valence-electron chi connectivity index (χ0n) is 9.48. The molecule has 15 heavy (non-hydrogen) atoms. The molecule has 0 amide bonds. The Bertz CT molecular complexity index is 314. The molecule has 0 aliphatic heterocycles. The monoisotopic (exact) mass is 205 g/mol. The van der Waals surface area contributed by atoms with Gasteiger partial charge in [-0.3, -0.25) is 0 Å². The zero-order chi connectivity index (χ0) is 10.8. The number of anilines is 2. The van der Waals surface area contributed by atoms with Crippen molar-refractivity contribution in [3.8, 4) is 0 Å². The Morgan fingerprint density at radius 3 is 2.67 bits per heavy atom. The van der Waals surface area contributed by atoms with Gasteiger partial charge in [0.2, 0.25) is 0 Å². The molecule has 1 aliphatic rings. The summed E-state index contributed by atoms with van der Waals surface area (Å²) in [5.74, 6) is 1.74. The summed E-state index contributed by atoms with van der Waals surface area (Å²) in [4.78, 5) is 6.80. The van der Waals surface area contributed by atoms with Crippen molar-refractivity contribution in [2.75, 3.05) is 17.2 Å².